The monoisotopic (exact) mass is 535 g/mol. The molecule has 4 rings (SSSR count). The van der Waals surface area contributed by atoms with Gasteiger partial charge >= 0.3 is 0 Å². The summed E-state index contributed by atoms with van der Waals surface area (Å²) in [6, 6.07) is 20.7. The van der Waals surface area contributed by atoms with Crippen LogP contribution in [0.1, 0.15) is 22.6 Å². The van der Waals surface area contributed by atoms with Crippen molar-refractivity contribution >= 4 is 44.2 Å². The molecule has 1 aliphatic heterocycles. The number of anilines is 1. The summed E-state index contributed by atoms with van der Waals surface area (Å²) in [6.07, 6.45) is 0. The summed E-state index contributed by atoms with van der Waals surface area (Å²) in [5.41, 5.74) is 4.85. The van der Waals surface area contributed by atoms with E-state index >= 15 is 0 Å². The first-order valence-corrected chi connectivity index (χ1v) is 10.6. The minimum Gasteiger partial charge on any atom is -0.497 e. The summed E-state index contributed by atoms with van der Waals surface area (Å²) < 4.78 is 13.6. The van der Waals surface area contributed by atoms with Gasteiger partial charge in [0.2, 0.25) is 0 Å². The second-order valence-electron chi connectivity index (χ2n) is 6.44. The van der Waals surface area contributed by atoms with Crippen LogP contribution in [-0.2, 0) is 6.61 Å². The Labute approximate surface area is 181 Å². The van der Waals surface area contributed by atoms with Gasteiger partial charge < -0.3 is 14.8 Å². The number of rotatable bonds is 5. The van der Waals surface area contributed by atoms with Gasteiger partial charge in [-0.15, -0.1) is 0 Å². The Bertz CT molecular complexity index is 945. The van der Waals surface area contributed by atoms with Gasteiger partial charge in [0.05, 0.1) is 10.7 Å². The largest absolute Gasteiger partial charge is 0.497 e. The number of benzene rings is 3. The lowest BCUT2D eigenvalue weighted by Gasteiger charge is -2.16. The molecule has 0 aliphatic carbocycles. The summed E-state index contributed by atoms with van der Waals surface area (Å²) in [4.78, 5) is 0. The SMILES string of the molecule is COc1ccc(C2CNc3cc(OCc4ccccc4)c(I)c(Br)c32)cc1. The van der Waals surface area contributed by atoms with Crippen molar-refractivity contribution in [2.75, 3.05) is 19.0 Å². The molecule has 0 amide bonds. The van der Waals surface area contributed by atoms with E-state index in [-0.39, 0.29) is 0 Å². The molecule has 138 valence electrons. The standard InChI is InChI=1S/C22H19BrINO2/c1-26-16-9-7-15(8-10-16)17-12-25-18-11-19(22(24)21(23)20(17)18)27-13-14-5-3-2-4-6-14/h2-11,17,25H,12-13H2,1H3. The molecule has 27 heavy (non-hydrogen) atoms. The molecule has 1 N–H and O–H groups in total. The van der Waals surface area contributed by atoms with Gasteiger partial charge in [-0.2, -0.15) is 0 Å². The van der Waals surface area contributed by atoms with Gasteiger partial charge in [-0.25, -0.2) is 0 Å². The fraction of sp³-hybridized carbons (Fsp3) is 0.182. The zero-order chi connectivity index (χ0) is 18.8. The molecule has 3 aromatic carbocycles. The third-order valence-electron chi connectivity index (χ3n) is 4.81. The number of halogens is 2. The van der Waals surface area contributed by atoms with Gasteiger partial charge in [-0.1, -0.05) is 42.5 Å². The predicted octanol–water partition coefficient (Wildman–Crippen LogP) is 6.20. The maximum atomic E-state index is 6.11. The van der Waals surface area contributed by atoms with E-state index in [1.54, 1.807) is 7.11 Å². The number of hydrogen-bond donors (Lipinski definition) is 1. The topological polar surface area (TPSA) is 30.5 Å². The fourth-order valence-corrected chi connectivity index (χ4v) is 4.67. The number of hydrogen-bond acceptors (Lipinski definition) is 3. The van der Waals surface area contributed by atoms with Crippen molar-refractivity contribution in [2.24, 2.45) is 0 Å². The van der Waals surface area contributed by atoms with E-state index in [0.29, 0.717) is 12.5 Å². The van der Waals surface area contributed by atoms with Gasteiger partial charge in [0, 0.05) is 34.3 Å². The van der Waals surface area contributed by atoms with Crippen molar-refractivity contribution in [2.45, 2.75) is 12.5 Å². The van der Waals surface area contributed by atoms with Crippen molar-refractivity contribution in [3.8, 4) is 11.5 Å². The van der Waals surface area contributed by atoms with Crippen LogP contribution in [-0.4, -0.2) is 13.7 Å². The first-order valence-electron chi connectivity index (χ1n) is 8.74. The van der Waals surface area contributed by atoms with Crippen LogP contribution in [0.15, 0.2) is 65.1 Å². The minimum atomic E-state index is 0.303. The molecule has 5 heteroatoms. The molecule has 0 saturated carbocycles. The quantitative estimate of drug-likeness (QED) is 0.395. The first-order chi connectivity index (χ1) is 13.2. The molecule has 0 saturated heterocycles. The molecule has 0 bridgehead atoms. The summed E-state index contributed by atoms with van der Waals surface area (Å²) in [5.74, 6) is 2.08. The summed E-state index contributed by atoms with van der Waals surface area (Å²) in [7, 11) is 1.69. The molecule has 1 heterocycles. The maximum absolute atomic E-state index is 6.11. The molecule has 1 atom stereocenters. The van der Waals surface area contributed by atoms with Crippen LogP contribution in [0.4, 0.5) is 5.69 Å². The minimum absolute atomic E-state index is 0.303. The molecule has 3 aromatic rings. The van der Waals surface area contributed by atoms with Crippen LogP contribution in [0.3, 0.4) is 0 Å². The third-order valence-corrected chi connectivity index (χ3v) is 7.45. The third kappa shape index (κ3) is 3.80. The van der Waals surface area contributed by atoms with Crippen molar-refractivity contribution in [1.82, 2.24) is 0 Å². The predicted molar refractivity (Wildman–Crippen MR) is 121 cm³/mol. The van der Waals surface area contributed by atoms with E-state index in [1.165, 1.54) is 11.1 Å². The fourth-order valence-electron chi connectivity index (χ4n) is 3.38. The molecule has 0 radical (unpaired) electrons. The van der Waals surface area contributed by atoms with Crippen LogP contribution in [0.2, 0.25) is 0 Å². The lowest BCUT2D eigenvalue weighted by atomic mass is 9.93. The zero-order valence-electron chi connectivity index (χ0n) is 14.8. The first kappa shape index (κ1) is 18.6. The van der Waals surface area contributed by atoms with Crippen molar-refractivity contribution < 1.29 is 9.47 Å². The van der Waals surface area contributed by atoms with Gasteiger partial charge in [0.1, 0.15) is 18.1 Å². The Morgan fingerprint density at radius 1 is 1.11 bits per heavy atom. The van der Waals surface area contributed by atoms with Crippen LogP contribution in [0.5, 0.6) is 11.5 Å². The highest BCUT2D eigenvalue weighted by Crippen LogP contribution is 2.46. The second kappa shape index (κ2) is 8.10. The molecule has 0 spiro atoms. The van der Waals surface area contributed by atoms with Crippen LogP contribution < -0.4 is 14.8 Å². The van der Waals surface area contributed by atoms with Crippen LogP contribution in [0.25, 0.3) is 0 Å². The smallest absolute Gasteiger partial charge is 0.136 e. The number of nitrogens with one attached hydrogen (secondary N) is 1. The highest BCUT2D eigenvalue weighted by Gasteiger charge is 2.29. The van der Waals surface area contributed by atoms with Gasteiger partial charge in [-0.3, -0.25) is 0 Å². The van der Waals surface area contributed by atoms with Crippen molar-refractivity contribution in [3.05, 3.63) is 85.4 Å². The van der Waals surface area contributed by atoms with Gasteiger partial charge in [-0.05, 0) is 61.8 Å². The molecule has 3 nitrogen and oxygen atoms in total. The molecule has 0 fully saturated rings. The highest BCUT2D eigenvalue weighted by molar-refractivity contribution is 14.1. The van der Waals surface area contributed by atoms with E-state index in [9.17, 15) is 0 Å². The summed E-state index contributed by atoms with van der Waals surface area (Å²) in [6.45, 7) is 1.43. The van der Waals surface area contributed by atoms with Gasteiger partial charge in [0.15, 0.2) is 0 Å². The molecule has 1 unspecified atom stereocenters. The van der Waals surface area contributed by atoms with Crippen LogP contribution >= 0.6 is 38.5 Å². The van der Waals surface area contributed by atoms with E-state index in [2.05, 4.69) is 74.2 Å². The van der Waals surface area contributed by atoms with E-state index in [1.807, 2.05) is 30.3 Å². The molecular weight excluding hydrogens is 517 g/mol. The Morgan fingerprint density at radius 2 is 1.85 bits per heavy atom. The van der Waals surface area contributed by atoms with E-state index < -0.39 is 0 Å². The summed E-state index contributed by atoms with van der Waals surface area (Å²) in [5, 5.41) is 3.54. The van der Waals surface area contributed by atoms with E-state index in [0.717, 1.165) is 37.3 Å². The Morgan fingerprint density at radius 3 is 2.56 bits per heavy atom. The number of ether oxygens (including phenoxy) is 2. The normalized spacial score (nSPS) is 15.1. The Balaban J connectivity index is 1.61. The zero-order valence-corrected chi connectivity index (χ0v) is 18.6. The summed E-state index contributed by atoms with van der Waals surface area (Å²) >= 11 is 6.18. The molecule has 1 aliphatic rings. The van der Waals surface area contributed by atoms with E-state index in [4.69, 9.17) is 9.47 Å². The molecule has 0 aromatic heterocycles. The Hall–Kier alpha value is -1.73. The second-order valence-corrected chi connectivity index (χ2v) is 8.32. The van der Waals surface area contributed by atoms with Crippen LogP contribution in [0, 0.1) is 3.57 Å². The lowest BCUT2D eigenvalue weighted by molar-refractivity contribution is 0.304. The average Bonchev–Trinajstić information content (AvgIpc) is 3.14. The van der Waals surface area contributed by atoms with Crippen molar-refractivity contribution in [3.63, 3.8) is 0 Å². The lowest BCUT2D eigenvalue weighted by Crippen LogP contribution is -2.04. The number of fused-ring (bicyclic) bond motifs is 1. The average molecular weight is 536 g/mol. The molecular formula is C22H19BrINO2. The van der Waals surface area contributed by atoms with Gasteiger partial charge in [0.25, 0.3) is 0 Å². The van der Waals surface area contributed by atoms with Crippen molar-refractivity contribution in [1.29, 1.82) is 0 Å². The maximum Gasteiger partial charge on any atom is 0.136 e. The highest BCUT2D eigenvalue weighted by atomic mass is 127. The number of methoxy groups -OCH3 is 1. The Kier molecular flexibility index (Phi) is 5.59.